The molecule has 0 spiro atoms. The van der Waals surface area contributed by atoms with Crippen molar-refractivity contribution < 1.29 is 28.2 Å². The molecule has 1 fully saturated rings. The van der Waals surface area contributed by atoms with Crippen LogP contribution in [0.3, 0.4) is 0 Å². The molecule has 1 unspecified atom stereocenters. The Balaban J connectivity index is 1.41. The van der Waals surface area contributed by atoms with Gasteiger partial charge in [-0.1, -0.05) is 66.7 Å². The van der Waals surface area contributed by atoms with Crippen LogP contribution < -0.4 is 5.32 Å². The molecule has 4 aromatic rings. The van der Waals surface area contributed by atoms with E-state index in [0.29, 0.717) is 23.3 Å². The number of rotatable bonds is 7. The molecule has 1 aliphatic rings. The van der Waals surface area contributed by atoms with Crippen molar-refractivity contribution in [2.24, 2.45) is 0 Å². The van der Waals surface area contributed by atoms with Gasteiger partial charge in [0.15, 0.2) is 5.13 Å². The van der Waals surface area contributed by atoms with Crippen LogP contribution in [0.15, 0.2) is 78.9 Å². The Hall–Kier alpha value is -4.04. The van der Waals surface area contributed by atoms with Crippen molar-refractivity contribution in [1.82, 2.24) is 0 Å². The highest BCUT2D eigenvalue weighted by molar-refractivity contribution is 7.14. The first-order valence-corrected chi connectivity index (χ1v) is 12.6. The molecular formula is C29H23F2NO4S. The summed E-state index contributed by atoms with van der Waals surface area (Å²) in [6, 6.07) is 22.0. The number of carbonyl (C=O) groups excluding carboxylic acids is 1. The van der Waals surface area contributed by atoms with E-state index in [2.05, 4.69) is 5.32 Å². The number of halogens is 2. The van der Waals surface area contributed by atoms with Crippen LogP contribution in [0.1, 0.15) is 37.0 Å². The minimum absolute atomic E-state index is 0.235. The lowest BCUT2D eigenvalue weighted by atomic mass is 9.92. The summed E-state index contributed by atoms with van der Waals surface area (Å²) in [4.78, 5) is 24.8. The van der Waals surface area contributed by atoms with E-state index in [4.69, 9.17) is 4.74 Å². The highest BCUT2D eigenvalue weighted by atomic mass is 32.1. The van der Waals surface area contributed by atoms with E-state index < -0.39 is 34.5 Å². The number of aliphatic carboxylic acids is 1. The number of amides is 1. The predicted octanol–water partition coefficient (Wildman–Crippen LogP) is 7.79. The molecule has 0 bridgehead atoms. The minimum atomic E-state index is -0.848. The van der Waals surface area contributed by atoms with Gasteiger partial charge in [-0.3, -0.25) is 10.1 Å². The number of carboxylic acid groups (broad SMARTS) is 1. The number of thiophene rings is 1. The standard InChI is InChI=1S/C29H23F2NO4S/c1-17(20-6-4-5-9-23(20)30)36-28(35)32-24-16-25(31)37-26(24)22-8-3-2-7-21(22)18-10-12-19(13-11-18)29(14-15-29)27(33)34/h2-13,16-17H,14-15H2,1H3,(H,32,35)(H,33,34). The summed E-state index contributed by atoms with van der Waals surface area (Å²) in [5.74, 6) is -1.30. The third kappa shape index (κ3) is 4.84. The van der Waals surface area contributed by atoms with E-state index in [1.165, 1.54) is 18.2 Å². The average Bonchev–Trinajstić information content (AvgIpc) is 3.62. The molecule has 1 atom stereocenters. The third-order valence-corrected chi connectivity index (χ3v) is 7.60. The zero-order valence-electron chi connectivity index (χ0n) is 19.8. The minimum Gasteiger partial charge on any atom is -0.481 e. The van der Waals surface area contributed by atoms with E-state index in [1.807, 2.05) is 48.5 Å². The monoisotopic (exact) mass is 519 g/mol. The van der Waals surface area contributed by atoms with E-state index in [0.717, 1.165) is 28.0 Å². The van der Waals surface area contributed by atoms with Gasteiger partial charge in [0.1, 0.15) is 11.9 Å². The van der Waals surface area contributed by atoms with Gasteiger partial charge in [0.25, 0.3) is 0 Å². The fraction of sp³-hybridized carbons (Fsp3) is 0.172. The normalized spacial score (nSPS) is 14.6. The Morgan fingerprint density at radius 2 is 1.62 bits per heavy atom. The summed E-state index contributed by atoms with van der Waals surface area (Å²) in [6.07, 6.45) is -0.444. The fourth-order valence-corrected chi connectivity index (χ4v) is 5.35. The maximum Gasteiger partial charge on any atom is 0.412 e. The first-order valence-electron chi connectivity index (χ1n) is 11.7. The molecule has 0 radical (unpaired) electrons. The molecule has 8 heteroatoms. The van der Waals surface area contributed by atoms with Gasteiger partial charge < -0.3 is 9.84 Å². The topological polar surface area (TPSA) is 75.6 Å². The molecule has 188 valence electrons. The molecule has 1 aromatic heterocycles. The first-order chi connectivity index (χ1) is 17.8. The number of hydrogen-bond donors (Lipinski definition) is 2. The van der Waals surface area contributed by atoms with Gasteiger partial charge in [-0.25, -0.2) is 9.18 Å². The number of nitrogens with one attached hydrogen (secondary N) is 1. The number of carbonyl (C=O) groups is 2. The van der Waals surface area contributed by atoms with Crippen LogP contribution in [0.25, 0.3) is 21.6 Å². The van der Waals surface area contributed by atoms with Crippen LogP contribution in [0, 0.1) is 10.9 Å². The van der Waals surface area contributed by atoms with Crippen LogP contribution in [-0.2, 0) is 14.9 Å². The molecule has 0 saturated heterocycles. The van der Waals surface area contributed by atoms with E-state index in [9.17, 15) is 23.5 Å². The smallest absolute Gasteiger partial charge is 0.412 e. The molecule has 1 saturated carbocycles. The zero-order chi connectivity index (χ0) is 26.2. The highest BCUT2D eigenvalue weighted by Gasteiger charge is 2.51. The molecule has 1 amide bonds. The van der Waals surface area contributed by atoms with Crippen LogP contribution in [0.2, 0.25) is 0 Å². The van der Waals surface area contributed by atoms with Crippen molar-refractivity contribution >= 4 is 29.1 Å². The lowest BCUT2D eigenvalue weighted by molar-refractivity contribution is -0.140. The van der Waals surface area contributed by atoms with Gasteiger partial charge in [-0.2, -0.15) is 4.39 Å². The molecule has 0 aliphatic heterocycles. The fourth-order valence-electron chi connectivity index (χ4n) is 4.47. The Kier molecular flexibility index (Phi) is 6.52. The molecule has 5 nitrogen and oxygen atoms in total. The molecule has 1 heterocycles. The maximum absolute atomic E-state index is 14.4. The maximum atomic E-state index is 14.4. The summed E-state index contributed by atoms with van der Waals surface area (Å²) in [7, 11) is 0. The molecule has 1 aliphatic carbocycles. The second-order valence-electron chi connectivity index (χ2n) is 9.00. The molecule has 5 rings (SSSR count). The van der Waals surface area contributed by atoms with Gasteiger partial charge in [0.05, 0.1) is 16.0 Å². The second-order valence-corrected chi connectivity index (χ2v) is 10.00. The Labute approximate surface area is 216 Å². The Morgan fingerprint density at radius 1 is 0.973 bits per heavy atom. The molecule has 2 N–H and O–H groups in total. The van der Waals surface area contributed by atoms with Gasteiger partial charge >= 0.3 is 12.1 Å². The third-order valence-electron chi connectivity index (χ3n) is 6.65. The van der Waals surface area contributed by atoms with Gasteiger partial charge in [0.2, 0.25) is 0 Å². The lowest BCUT2D eigenvalue weighted by Crippen LogP contribution is -2.19. The predicted molar refractivity (Wildman–Crippen MR) is 139 cm³/mol. The van der Waals surface area contributed by atoms with Crippen molar-refractivity contribution in [3.05, 3.63) is 101 Å². The van der Waals surface area contributed by atoms with Crippen molar-refractivity contribution in [2.75, 3.05) is 5.32 Å². The van der Waals surface area contributed by atoms with Crippen LogP contribution in [0.4, 0.5) is 19.3 Å². The van der Waals surface area contributed by atoms with E-state index in [-0.39, 0.29) is 11.3 Å². The number of carboxylic acids is 1. The first kappa shape index (κ1) is 24.6. The summed E-state index contributed by atoms with van der Waals surface area (Å²) < 4.78 is 33.8. The second kappa shape index (κ2) is 9.78. The van der Waals surface area contributed by atoms with Crippen molar-refractivity contribution in [2.45, 2.75) is 31.3 Å². The lowest BCUT2D eigenvalue weighted by Gasteiger charge is -2.16. The van der Waals surface area contributed by atoms with Gasteiger partial charge in [-0.15, -0.1) is 11.3 Å². The number of ether oxygens (including phenoxy) is 1. The summed E-state index contributed by atoms with van der Waals surface area (Å²) in [5.41, 5.74) is 2.76. The largest absolute Gasteiger partial charge is 0.481 e. The van der Waals surface area contributed by atoms with Gasteiger partial charge in [0, 0.05) is 17.2 Å². The number of hydrogen-bond acceptors (Lipinski definition) is 4. The summed E-state index contributed by atoms with van der Waals surface area (Å²) in [5, 5.41) is 11.7. The zero-order valence-corrected chi connectivity index (χ0v) is 20.6. The molecule has 37 heavy (non-hydrogen) atoms. The summed E-state index contributed by atoms with van der Waals surface area (Å²) in [6.45, 7) is 1.56. The molecule has 3 aromatic carbocycles. The number of benzene rings is 3. The van der Waals surface area contributed by atoms with Crippen LogP contribution >= 0.6 is 11.3 Å². The van der Waals surface area contributed by atoms with E-state index in [1.54, 1.807) is 19.1 Å². The Morgan fingerprint density at radius 3 is 2.27 bits per heavy atom. The van der Waals surface area contributed by atoms with Crippen molar-refractivity contribution in [3.8, 4) is 21.6 Å². The van der Waals surface area contributed by atoms with E-state index >= 15 is 0 Å². The highest BCUT2D eigenvalue weighted by Crippen LogP contribution is 2.49. The summed E-state index contributed by atoms with van der Waals surface area (Å²) >= 11 is 0.883. The van der Waals surface area contributed by atoms with Crippen molar-refractivity contribution in [1.29, 1.82) is 0 Å². The SMILES string of the molecule is CC(OC(=O)Nc1cc(F)sc1-c1ccccc1-c1ccc(C2(C(=O)O)CC2)cc1)c1ccccc1F. The number of anilines is 1. The van der Waals surface area contributed by atoms with Crippen LogP contribution in [-0.4, -0.2) is 17.2 Å². The quantitative estimate of drug-likeness (QED) is 0.261. The molecular weight excluding hydrogens is 496 g/mol. The van der Waals surface area contributed by atoms with Crippen molar-refractivity contribution in [3.63, 3.8) is 0 Å². The average molecular weight is 520 g/mol. The van der Waals surface area contributed by atoms with Crippen LogP contribution in [0.5, 0.6) is 0 Å². The van der Waals surface area contributed by atoms with Gasteiger partial charge in [-0.05, 0) is 42.5 Å². The Bertz CT molecular complexity index is 1480.